The number of aromatic nitrogens is 1. The third kappa shape index (κ3) is 4.38. The fraction of sp³-hybridized carbons (Fsp3) is 0.133. The molecule has 1 heterocycles. The number of hydrogen-bond acceptors (Lipinski definition) is 4. The van der Waals surface area contributed by atoms with Crippen molar-refractivity contribution in [1.29, 1.82) is 0 Å². The molecule has 21 heavy (non-hydrogen) atoms. The molecule has 0 bridgehead atoms. The third-order valence-electron chi connectivity index (χ3n) is 2.64. The summed E-state index contributed by atoms with van der Waals surface area (Å²) in [7, 11) is 0. The van der Waals surface area contributed by atoms with Gasteiger partial charge in [0.05, 0.1) is 0 Å². The summed E-state index contributed by atoms with van der Waals surface area (Å²) >= 11 is 0. The van der Waals surface area contributed by atoms with E-state index in [0.29, 0.717) is 5.56 Å². The Morgan fingerprint density at radius 2 is 1.90 bits per heavy atom. The summed E-state index contributed by atoms with van der Waals surface area (Å²) in [6.07, 6.45) is 1.45. The lowest BCUT2D eigenvalue weighted by atomic mass is 10.2. The van der Waals surface area contributed by atoms with Crippen molar-refractivity contribution in [3.63, 3.8) is 0 Å². The number of rotatable bonds is 5. The first-order chi connectivity index (χ1) is 10.2. The highest BCUT2D eigenvalue weighted by Crippen LogP contribution is 2.05. The zero-order chi connectivity index (χ0) is 15.1. The Bertz CT molecular complexity index is 632. The Kier molecular flexibility index (Phi) is 4.98. The first-order valence-corrected chi connectivity index (χ1v) is 6.25. The van der Waals surface area contributed by atoms with Crippen LogP contribution in [-0.4, -0.2) is 23.5 Å². The summed E-state index contributed by atoms with van der Waals surface area (Å²) in [5, 5.41) is 2.47. The van der Waals surface area contributed by atoms with Crippen LogP contribution in [0.5, 0.6) is 0 Å². The summed E-state index contributed by atoms with van der Waals surface area (Å²) in [6, 6.07) is 10.9. The van der Waals surface area contributed by atoms with E-state index in [9.17, 15) is 14.0 Å². The van der Waals surface area contributed by atoms with E-state index >= 15 is 0 Å². The summed E-state index contributed by atoms with van der Waals surface area (Å²) in [4.78, 5) is 26.9. The van der Waals surface area contributed by atoms with Crippen LogP contribution in [0.3, 0.4) is 0 Å². The molecular weight excluding hydrogens is 275 g/mol. The molecule has 0 unspecified atom stereocenters. The van der Waals surface area contributed by atoms with Crippen LogP contribution < -0.4 is 5.32 Å². The van der Waals surface area contributed by atoms with Crippen LogP contribution >= 0.6 is 0 Å². The van der Waals surface area contributed by atoms with Gasteiger partial charge in [-0.05, 0) is 18.2 Å². The van der Waals surface area contributed by atoms with Gasteiger partial charge in [-0.15, -0.1) is 0 Å². The Hall–Kier alpha value is -2.76. The molecule has 108 valence electrons. The molecule has 1 aromatic heterocycles. The lowest BCUT2D eigenvalue weighted by Crippen LogP contribution is -2.28. The van der Waals surface area contributed by atoms with Gasteiger partial charge in [0.25, 0.3) is 5.91 Å². The van der Waals surface area contributed by atoms with E-state index in [4.69, 9.17) is 4.74 Å². The number of carbonyl (C=O) groups is 2. The largest absolute Gasteiger partial charge is 0.451 e. The molecule has 0 spiro atoms. The van der Waals surface area contributed by atoms with E-state index in [2.05, 4.69) is 10.3 Å². The lowest BCUT2D eigenvalue weighted by Gasteiger charge is -2.07. The minimum atomic E-state index is -0.684. The average molecular weight is 288 g/mol. The molecule has 5 nitrogen and oxygen atoms in total. The Labute approximate surface area is 120 Å². The molecule has 2 aromatic rings. The molecule has 0 saturated heterocycles. The number of nitrogens with zero attached hydrogens (tertiary/aromatic N) is 1. The Morgan fingerprint density at radius 3 is 2.62 bits per heavy atom. The maximum Gasteiger partial charge on any atom is 0.357 e. The Morgan fingerprint density at radius 1 is 1.14 bits per heavy atom. The van der Waals surface area contributed by atoms with Crippen LogP contribution in [0, 0.1) is 5.82 Å². The normalized spacial score (nSPS) is 9.95. The van der Waals surface area contributed by atoms with Crippen LogP contribution in [0.2, 0.25) is 0 Å². The predicted molar refractivity (Wildman–Crippen MR) is 72.8 cm³/mol. The van der Waals surface area contributed by atoms with E-state index in [0.717, 1.165) is 0 Å². The van der Waals surface area contributed by atoms with Crippen molar-refractivity contribution < 1.29 is 18.7 Å². The molecule has 6 heteroatoms. The van der Waals surface area contributed by atoms with Gasteiger partial charge in [-0.1, -0.05) is 24.3 Å². The van der Waals surface area contributed by atoms with E-state index in [1.807, 2.05) is 0 Å². The van der Waals surface area contributed by atoms with E-state index in [1.54, 1.807) is 30.3 Å². The SMILES string of the molecule is O=C(COC(=O)c1ccccn1)NCc1ccccc1F. The van der Waals surface area contributed by atoms with Crippen molar-refractivity contribution >= 4 is 11.9 Å². The highest BCUT2D eigenvalue weighted by molar-refractivity contribution is 5.89. The first-order valence-electron chi connectivity index (χ1n) is 6.25. The minimum Gasteiger partial charge on any atom is -0.451 e. The summed E-state index contributed by atoms with van der Waals surface area (Å²) in [5.41, 5.74) is 0.487. The third-order valence-corrected chi connectivity index (χ3v) is 2.64. The molecule has 0 atom stereocenters. The second kappa shape index (κ2) is 7.14. The van der Waals surface area contributed by atoms with Gasteiger partial charge >= 0.3 is 5.97 Å². The van der Waals surface area contributed by atoms with Gasteiger partial charge in [0.1, 0.15) is 11.5 Å². The molecule has 0 radical (unpaired) electrons. The highest BCUT2D eigenvalue weighted by atomic mass is 19.1. The number of benzene rings is 1. The zero-order valence-corrected chi connectivity index (χ0v) is 11.1. The topological polar surface area (TPSA) is 68.3 Å². The molecule has 2 rings (SSSR count). The fourth-order valence-electron chi connectivity index (χ4n) is 1.58. The number of esters is 1. The van der Waals surface area contributed by atoms with Crippen molar-refractivity contribution in [2.75, 3.05) is 6.61 Å². The van der Waals surface area contributed by atoms with E-state index in [-0.39, 0.29) is 12.2 Å². The van der Waals surface area contributed by atoms with Gasteiger partial charge in [-0.25, -0.2) is 14.2 Å². The predicted octanol–water partition coefficient (Wildman–Crippen LogP) is 1.69. The van der Waals surface area contributed by atoms with Crippen LogP contribution in [0.4, 0.5) is 4.39 Å². The lowest BCUT2D eigenvalue weighted by molar-refractivity contribution is -0.124. The number of pyridine rings is 1. The molecule has 0 saturated carbocycles. The summed E-state index contributed by atoms with van der Waals surface area (Å²) in [5.74, 6) is -1.59. The van der Waals surface area contributed by atoms with Gasteiger partial charge in [0, 0.05) is 18.3 Å². The monoisotopic (exact) mass is 288 g/mol. The second-order valence-electron chi connectivity index (χ2n) is 4.16. The van der Waals surface area contributed by atoms with Crippen LogP contribution in [0.1, 0.15) is 16.1 Å². The van der Waals surface area contributed by atoms with E-state index < -0.39 is 24.3 Å². The van der Waals surface area contributed by atoms with Gasteiger partial charge in [-0.3, -0.25) is 4.79 Å². The number of carbonyl (C=O) groups excluding carboxylic acids is 2. The van der Waals surface area contributed by atoms with Crippen molar-refractivity contribution in [1.82, 2.24) is 10.3 Å². The van der Waals surface area contributed by atoms with Gasteiger partial charge < -0.3 is 10.1 Å². The maximum absolute atomic E-state index is 13.3. The van der Waals surface area contributed by atoms with E-state index in [1.165, 1.54) is 18.3 Å². The molecular formula is C15H13FN2O3. The fourth-order valence-corrected chi connectivity index (χ4v) is 1.58. The zero-order valence-electron chi connectivity index (χ0n) is 11.1. The average Bonchev–Trinajstić information content (AvgIpc) is 2.52. The van der Waals surface area contributed by atoms with Crippen LogP contribution in [0.25, 0.3) is 0 Å². The number of nitrogens with one attached hydrogen (secondary N) is 1. The summed E-state index contributed by atoms with van der Waals surface area (Å²) < 4.78 is 18.1. The smallest absolute Gasteiger partial charge is 0.357 e. The number of hydrogen-bond donors (Lipinski definition) is 1. The summed E-state index contributed by atoms with van der Waals surface area (Å²) in [6.45, 7) is -0.406. The highest BCUT2D eigenvalue weighted by Gasteiger charge is 2.11. The molecule has 1 N–H and O–H groups in total. The van der Waals surface area contributed by atoms with Gasteiger partial charge in [0.15, 0.2) is 6.61 Å². The van der Waals surface area contributed by atoms with Crippen molar-refractivity contribution in [2.45, 2.75) is 6.54 Å². The Balaban J connectivity index is 1.78. The molecule has 0 fully saturated rings. The molecule has 1 aromatic carbocycles. The van der Waals surface area contributed by atoms with Gasteiger partial charge in [0.2, 0.25) is 0 Å². The molecule has 0 aliphatic rings. The van der Waals surface area contributed by atoms with Crippen LogP contribution in [-0.2, 0) is 16.1 Å². The number of ether oxygens (including phenoxy) is 1. The molecule has 0 aliphatic carbocycles. The number of amides is 1. The first kappa shape index (κ1) is 14.6. The van der Waals surface area contributed by atoms with Crippen molar-refractivity contribution in [3.8, 4) is 0 Å². The number of halogens is 1. The van der Waals surface area contributed by atoms with Crippen LogP contribution in [0.15, 0.2) is 48.7 Å². The standard InChI is InChI=1S/C15H13FN2O3/c16-12-6-2-1-5-11(12)9-18-14(19)10-21-15(20)13-7-3-4-8-17-13/h1-8H,9-10H2,(H,18,19). The maximum atomic E-state index is 13.3. The van der Waals surface area contributed by atoms with Crippen molar-refractivity contribution in [3.05, 3.63) is 65.7 Å². The minimum absolute atomic E-state index is 0.0344. The molecule has 1 amide bonds. The van der Waals surface area contributed by atoms with Crippen molar-refractivity contribution in [2.24, 2.45) is 0 Å². The van der Waals surface area contributed by atoms with Gasteiger partial charge in [-0.2, -0.15) is 0 Å². The quantitative estimate of drug-likeness (QED) is 0.850. The molecule has 0 aliphatic heterocycles. The second-order valence-corrected chi connectivity index (χ2v) is 4.16.